The molecule has 0 aliphatic rings. The van der Waals surface area contributed by atoms with Gasteiger partial charge in [0.1, 0.15) is 5.75 Å². The number of hydrogen-bond acceptors (Lipinski definition) is 2. The van der Waals surface area contributed by atoms with Crippen molar-refractivity contribution in [1.82, 2.24) is 0 Å². The average molecular weight is 311 g/mol. The first-order valence-electron chi connectivity index (χ1n) is 5.57. The smallest absolute Gasteiger partial charge is 0.328 e. The molecule has 0 spiro atoms. The minimum Gasteiger partial charge on any atom is -0.492 e. The fraction of sp³-hybridized carbons (Fsp3) is 0.214. The fourth-order valence-corrected chi connectivity index (χ4v) is 1.83. The number of benzene rings is 1. The number of hydrogen-bond donors (Lipinski definition) is 1. The highest BCUT2D eigenvalue weighted by Crippen LogP contribution is 2.26. The Morgan fingerprint density at radius 1 is 1.50 bits per heavy atom. The molecule has 0 amide bonds. The zero-order chi connectivity index (χ0) is 13.4. The van der Waals surface area contributed by atoms with Crippen molar-refractivity contribution in [2.75, 3.05) is 6.61 Å². The molecule has 0 saturated heterocycles. The topological polar surface area (TPSA) is 46.5 Å². The summed E-state index contributed by atoms with van der Waals surface area (Å²) < 4.78 is 6.40. The number of ether oxygens (including phenoxy) is 1. The number of carboxylic acid groups (broad SMARTS) is 1. The molecule has 3 nitrogen and oxygen atoms in total. The highest BCUT2D eigenvalue weighted by atomic mass is 79.9. The monoisotopic (exact) mass is 310 g/mol. The van der Waals surface area contributed by atoms with Crippen molar-refractivity contribution >= 4 is 28.0 Å². The quantitative estimate of drug-likeness (QED) is 0.472. The lowest BCUT2D eigenvalue weighted by Crippen LogP contribution is -1.97. The molecule has 0 radical (unpaired) electrons. The van der Waals surface area contributed by atoms with Crippen LogP contribution in [-0.2, 0) is 4.79 Å². The largest absolute Gasteiger partial charge is 0.492 e. The minimum atomic E-state index is -0.962. The van der Waals surface area contributed by atoms with Crippen LogP contribution in [0.25, 0.3) is 6.08 Å². The van der Waals surface area contributed by atoms with Gasteiger partial charge in [-0.1, -0.05) is 12.1 Å². The molecule has 1 aromatic rings. The molecule has 0 heterocycles. The summed E-state index contributed by atoms with van der Waals surface area (Å²) in [5.74, 6) is -0.206. The van der Waals surface area contributed by atoms with Crippen molar-refractivity contribution in [3.05, 3.63) is 47.0 Å². The van der Waals surface area contributed by atoms with E-state index in [4.69, 9.17) is 9.84 Å². The number of carbonyl (C=O) groups is 1. The Morgan fingerprint density at radius 3 is 2.89 bits per heavy atom. The zero-order valence-electron chi connectivity index (χ0n) is 9.93. The Kier molecular flexibility index (Phi) is 6.22. The molecule has 1 aromatic carbocycles. The predicted octanol–water partition coefficient (Wildman–Crippen LogP) is 3.89. The molecule has 0 saturated carbocycles. The normalized spacial score (nSPS) is 10.5. The van der Waals surface area contributed by atoms with E-state index in [1.165, 1.54) is 6.08 Å². The first-order chi connectivity index (χ1) is 8.63. The molecule has 0 bridgehead atoms. The minimum absolute atomic E-state index is 0.634. The van der Waals surface area contributed by atoms with Crippen LogP contribution >= 0.6 is 15.9 Å². The lowest BCUT2D eigenvalue weighted by Gasteiger charge is -2.08. The fourth-order valence-electron chi connectivity index (χ4n) is 1.32. The van der Waals surface area contributed by atoms with Gasteiger partial charge in [0.25, 0.3) is 0 Å². The van der Waals surface area contributed by atoms with E-state index in [0.29, 0.717) is 6.61 Å². The number of halogens is 1. The van der Waals surface area contributed by atoms with Gasteiger partial charge in [0.05, 0.1) is 11.1 Å². The van der Waals surface area contributed by atoms with Crippen LogP contribution in [0.5, 0.6) is 5.75 Å². The Balaban J connectivity index is 2.62. The molecule has 96 valence electrons. The SMILES string of the molecule is C=CCCCOc1ccc(C=CC(=O)O)cc1Br. The molecule has 0 unspecified atom stereocenters. The van der Waals surface area contributed by atoms with Crippen molar-refractivity contribution in [3.63, 3.8) is 0 Å². The number of aliphatic carboxylic acids is 1. The molecule has 0 aliphatic heterocycles. The van der Waals surface area contributed by atoms with Crippen molar-refractivity contribution in [1.29, 1.82) is 0 Å². The average Bonchev–Trinajstić information content (AvgIpc) is 2.34. The van der Waals surface area contributed by atoms with Crippen LogP contribution in [0.2, 0.25) is 0 Å². The summed E-state index contributed by atoms with van der Waals surface area (Å²) >= 11 is 3.40. The van der Waals surface area contributed by atoms with Gasteiger partial charge in [0.2, 0.25) is 0 Å². The van der Waals surface area contributed by atoms with Gasteiger partial charge >= 0.3 is 5.97 Å². The van der Waals surface area contributed by atoms with E-state index in [0.717, 1.165) is 34.7 Å². The second-order valence-electron chi connectivity index (χ2n) is 3.64. The highest BCUT2D eigenvalue weighted by molar-refractivity contribution is 9.10. The molecule has 0 aromatic heterocycles. The number of carboxylic acids is 1. The maximum absolute atomic E-state index is 10.4. The van der Waals surface area contributed by atoms with Gasteiger partial charge in [0, 0.05) is 6.08 Å². The Morgan fingerprint density at radius 2 is 2.28 bits per heavy atom. The zero-order valence-corrected chi connectivity index (χ0v) is 11.5. The molecule has 1 N–H and O–H groups in total. The summed E-state index contributed by atoms with van der Waals surface area (Å²) in [7, 11) is 0. The van der Waals surface area contributed by atoms with Crippen LogP contribution in [0, 0.1) is 0 Å². The molecule has 4 heteroatoms. The number of rotatable bonds is 7. The van der Waals surface area contributed by atoms with E-state index in [-0.39, 0.29) is 0 Å². The Labute approximate surface area is 115 Å². The standard InChI is InChI=1S/C14H15BrO3/c1-2-3-4-9-18-13-7-5-11(10-12(13)15)6-8-14(16)17/h2,5-8,10H,1,3-4,9H2,(H,16,17). The Bertz CT molecular complexity index is 452. The van der Waals surface area contributed by atoms with Gasteiger partial charge < -0.3 is 9.84 Å². The third-order valence-corrected chi connectivity index (χ3v) is 2.80. The second-order valence-corrected chi connectivity index (χ2v) is 4.50. The maximum atomic E-state index is 10.4. The van der Waals surface area contributed by atoms with E-state index in [9.17, 15) is 4.79 Å². The van der Waals surface area contributed by atoms with E-state index < -0.39 is 5.97 Å². The predicted molar refractivity (Wildman–Crippen MR) is 75.7 cm³/mol. The van der Waals surface area contributed by atoms with E-state index in [2.05, 4.69) is 22.5 Å². The van der Waals surface area contributed by atoms with E-state index in [1.54, 1.807) is 0 Å². The maximum Gasteiger partial charge on any atom is 0.328 e. The van der Waals surface area contributed by atoms with Crippen LogP contribution in [-0.4, -0.2) is 17.7 Å². The molecule has 18 heavy (non-hydrogen) atoms. The summed E-state index contributed by atoms with van der Waals surface area (Å²) in [6.45, 7) is 4.28. The van der Waals surface area contributed by atoms with Crippen LogP contribution < -0.4 is 4.74 Å². The van der Waals surface area contributed by atoms with Gasteiger partial charge in [-0.2, -0.15) is 0 Å². The van der Waals surface area contributed by atoms with Gasteiger partial charge in [-0.3, -0.25) is 0 Å². The molecule has 0 atom stereocenters. The van der Waals surface area contributed by atoms with Gasteiger partial charge in [-0.05, 0) is 52.5 Å². The third kappa shape index (κ3) is 5.19. The summed E-state index contributed by atoms with van der Waals surface area (Å²) in [5, 5.41) is 8.53. The summed E-state index contributed by atoms with van der Waals surface area (Å²) in [4.78, 5) is 10.4. The van der Waals surface area contributed by atoms with Gasteiger partial charge in [-0.15, -0.1) is 6.58 Å². The lowest BCUT2D eigenvalue weighted by molar-refractivity contribution is -0.131. The molecule has 1 rings (SSSR count). The summed E-state index contributed by atoms with van der Waals surface area (Å²) in [6.07, 6.45) is 6.35. The Hall–Kier alpha value is -1.55. The van der Waals surface area contributed by atoms with Gasteiger partial charge in [0.15, 0.2) is 0 Å². The summed E-state index contributed by atoms with van der Waals surface area (Å²) in [6, 6.07) is 5.45. The van der Waals surface area contributed by atoms with Crippen molar-refractivity contribution in [2.45, 2.75) is 12.8 Å². The van der Waals surface area contributed by atoms with Crippen molar-refractivity contribution in [2.24, 2.45) is 0 Å². The summed E-state index contributed by atoms with van der Waals surface area (Å²) in [5.41, 5.74) is 0.808. The first-order valence-corrected chi connectivity index (χ1v) is 6.37. The van der Waals surface area contributed by atoms with Crippen LogP contribution in [0.1, 0.15) is 18.4 Å². The number of unbranched alkanes of at least 4 members (excludes halogenated alkanes) is 1. The molecule has 0 aliphatic carbocycles. The van der Waals surface area contributed by atoms with Crippen LogP contribution in [0.4, 0.5) is 0 Å². The number of allylic oxidation sites excluding steroid dienone is 1. The van der Waals surface area contributed by atoms with Crippen molar-refractivity contribution in [3.8, 4) is 5.75 Å². The molecular weight excluding hydrogens is 296 g/mol. The highest BCUT2D eigenvalue weighted by Gasteiger charge is 2.01. The first kappa shape index (κ1) is 14.5. The second kappa shape index (κ2) is 7.71. The van der Waals surface area contributed by atoms with Crippen LogP contribution in [0.15, 0.2) is 41.4 Å². The lowest BCUT2D eigenvalue weighted by atomic mass is 10.2. The van der Waals surface area contributed by atoms with Crippen LogP contribution in [0.3, 0.4) is 0 Å². The molecule has 0 fully saturated rings. The van der Waals surface area contributed by atoms with Crippen molar-refractivity contribution < 1.29 is 14.6 Å². The van der Waals surface area contributed by atoms with E-state index >= 15 is 0 Å². The third-order valence-electron chi connectivity index (χ3n) is 2.18. The molecular formula is C14H15BrO3. The van der Waals surface area contributed by atoms with E-state index in [1.807, 2.05) is 24.3 Å². The van der Waals surface area contributed by atoms with Gasteiger partial charge in [-0.25, -0.2) is 4.79 Å².